The monoisotopic (exact) mass is 335 g/mol. The fourth-order valence-corrected chi connectivity index (χ4v) is 2.74. The van der Waals surface area contributed by atoms with Crippen LogP contribution in [0.15, 0.2) is 59.4 Å². The van der Waals surface area contributed by atoms with Crippen LogP contribution in [-0.4, -0.2) is 38.4 Å². The first kappa shape index (κ1) is 15.0. The zero-order valence-electron chi connectivity index (χ0n) is 13.1. The van der Waals surface area contributed by atoms with E-state index in [9.17, 15) is 14.4 Å². The van der Waals surface area contributed by atoms with E-state index in [-0.39, 0.29) is 13.2 Å². The van der Waals surface area contributed by atoms with Crippen LogP contribution in [0.3, 0.4) is 0 Å². The van der Waals surface area contributed by atoms with Crippen molar-refractivity contribution in [1.82, 2.24) is 19.9 Å². The summed E-state index contributed by atoms with van der Waals surface area (Å²) >= 11 is 0. The summed E-state index contributed by atoms with van der Waals surface area (Å²) in [5, 5.41) is 8.17. The number of carbonyl (C=O) groups is 2. The second kappa shape index (κ2) is 5.82. The summed E-state index contributed by atoms with van der Waals surface area (Å²) < 4.78 is 1.02. The third kappa shape index (κ3) is 2.53. The largest absolute Gasteiger partial charge is 0.333 e. The number of rotatable bonds is 3. The van der Waals surface area contributed by atoms with E-state index in [1.165, 1.54) is 4.90 Å². The van der Waals surface area contributed by atoms with Gasteiger partial charge in [-0.1, -0.05) is 35.5 Å². The van der Waals surface area contributed by atoms with Crippen molar-refractivity contribution in [3.05, 3.63) is 65.0 Å². The van der Waals surface area contributed by atoms with Gasteiger partial charge in [-0.05, 0) is 24.3 Å². The molecule has 0 atom stereocenters. The van der Waals surface area contributed by atoms with Gasteiger partial charge in [0.2, 0.25) is 0 Å². The second-order valence-corrected chi connectivity index (χ2v) is 5.58. The number of hydrogen-bond acceptors (Lipinski definition) is 5. The van der Waals surface area contributed by atoms with Crippen LogP contribution in [0, 0.1) is 0 Å². The fourth-order valence-electron chi connectivity index (χ4n) is 2.74. The highest BCUT2D eigenvalue weighted by Crippen LogP contribution is 2.20. The average molecular weight is 335 g/mol. The molecule has 0 saturated carbocycles. The highest BCUT2D eigenvalue weighted by atomic mass is 16.2. The number of carbonyl (C=O) groups excluding carboxylic acids is 2. The Kier molecular flexibility index (Phi) is 3.50. The molecular weight excluding hydrogens is 322 g/mol. The van der Waals surface area contributed by atoms with E-state index in [4.69, 9.17) is 0 Å². The van der Waals surface area contributed by atoms with Gasteiger partial charge in [0.15, 0.2) is 0 Å². The smallest absolute Gasteiger partial charge is 0.284 e. The molecule has 1 aliphatic heterocycles. The summed E-state index contributed by atoms with van der Waals surface area (Å²) in [5.74, 6) is -0.393. The van der Waals surface area contributed by atoms with E-state index in [1.807, 2.05) is 6.07 Å². The Hall–Kier alpha value is -3.55. The topological polar surface area (TPSA) is 88.4 Å². The lowest BCUT2D eigenvalue weighted by molar-refractivity contribution is -0.126. The quantitative estimate of drug-likeness (QED) is 0.672. The van der Waals surface area contributed by atoms with Crippen LogP contribution >= 0.6 is 0 Å². The predicted octanol–water partition coefficient (Wildman–Crippen LogP) is 1.22. The van der Waals surface area contributed by atoms with Gasteiger partial charge in [-0.2, -0.15) is 4.68 Å². The molecule has 2 aromatic carbocycles. The van der Waals surface area contributed by atoms with Crippen LogP contribution in [0.1, 0.15) is 0 Å². The highest BCUT2D eigenvalue weighted by molar-refractivity contribution is 6.11. The lowest BCUT2D eigenvalue weighted by Gasteiger charge is -2.17. The predicted molar refractivity (Wildman–Crippen MR) is 89.8 cm³/mol. The lowest BCUT2D eigenvalue weighted by Crippen LogP contribution is -2.39. The number of benzene rings is 2. The minimum absolute atomic E-state index is 0.0708. The first-order chi connectivity index (χ1) is 12.1. The van der Waals surface area contributed by atoms with E-state index >= 15 is 0 Å². The third-order valence-corrected chi connectivity index (χ3v) is 4.03. The minimum atomic E-state index is -0.488. The van der Waals surface area contributed by atoms with Crippen molar-refractivity contribution in [3.63, 3.8) is 0 Å². The lowest BCUT2D eigenvalue weighted by atomic mass is 10.2. The van der Waals surface area contributed by atoms with Gasteiger partial charge in [0, 0.05) is 5.69 Å². The summed E-state index contributed by atoms with van der Waals surface area (Å²) in [6.07, 6.45) is 0. The SMILES string of the molecule is O=C1CN(c2ccccc2)C(=O)N1Cn1nnc2ccccc2c1=O. The van der Waals surface area contributed by atoms with Gasteiger partial charge in [-0.25, -0.2) is 9.69 Å². The molecule has 1 aliphatic rings. The number of para-hydroxylation sites is 1. The molecule has 0 radical (unpaired) electrons. The maximum atomic E-state index is 12.6. The van der Waals surface area contributed by atoms with Gasteiger partial charge in [-0.3, -0.25) is 14.5 Å². The third-order valence-electron chi connectivity index (χ3n) is 4.03. The van der Waals surface area contributed by atoms with Gasteiger partial charge in [-0.15, -0.1) is 5.10 Å². The van der Waals surface area contributed by atoms with Crippen LogP contribution in [0.25, 0.3) is 10.9 Å². The Morgan fingerprint density at radius 3 is 2.44 bits per heavy atom. The van der Waals surface area contributed by atoms with Crippen LogP contribution in [0.2, 0.25) is 0 Å². The molecule has 25 heavy (non-hydrogen) atoms. The number of nitrogens with zero attached hydrogens (tertiary/aromatic N) is 5. The Labute approximate surface area is 141 Å². The maximum Gasteiger partial charge on any atom is 0.333 e. The van der Waals surface area contributed by atoms with Gasteiger partial charge >= 0.3 is 6.03 Å². The zero-order valence-corrected chi connectivity index (χ0v) is 13.1. The fraction of sp³-hybridized carbons (Fsp3) is 0.118. The van der Waals surface area contributed by atoms with E-state index in [0.29, 0.717) is 16.6 Å². The Bertz CT molecular complexity index is 1030. The molecule has 0 N–H and O–H groups in total. The van der Waals surface area contributed by atoms with Crippen molar-refractivity contribution >= 4 is 28.5 Å². The molecule has 4 rings (SSSR count). The van der Waals surface area contributed by atoms with E-state index in [2.05, 4.69) is 10.3 Å². The number of hydrogen-bond donors (Lipinski definition) is 0. The molecule has 1 fully saturated rings. The molecule has 8 nitrogen and oxygen atoms in total. The molecule has 124 valence electrons. The number of anilines is 1. The number of imide groups is 1. The summed E-state index contributed by atoms with van der Waals surface area (Å²) in [5.41, 5.74) is 0.693. The molecule has 3 amide bonds. The van der Waals surface area contributed by atoms with Crippen molar-refractivity contribution in [2.45, 2.75) is 6.67 Å². The first-order valence-corrected chi connectivity index (χ1v) is 7.64. The average Bonchev–Trinajstić information content (AvgIpc) is 2.93. The van der Waals surface area contributed by atoms with Crippen molar-refractivity contribution in [2.24, 2.45) is 0 Å². The zero-order chi connectivity index (χ0) is 17.4. The summed E-state index contributed by atoms with van der Waals surface area (Å²) in [6.45, 7) is -0.337. The van der Waals surface area contributed by atoms with Gasteiger partial charge < -0.3 is 0 Å². The standard InChI is InChI=1S/C17H13N5O3/c23-15-10-20(12-6-2-1-3-7-12)17(25)21(15)11-22-16(24)13-8-4-5-9-14(13)18-19-22/h1-9H,10-11H2. The molecule has 2 heterocycles. The molecular formula is C17H13N5O3. The minimum Gasteiger partial charge on any atom is -0.284 e. The molecule has 8 heteroatoms. The van der Waals surface area contributed by atoms with Crippen LogP contribution in [-0.2, 0) is 11.5 Å². The van der Waals surface area contributed by atoms with Crippen LogP contribution < -0.4 is 10.5 Å². The van der Waals surface area contributed by atoms with Gasteiger partial charge in [0.1, 0.15) is 18.7 Å². The molecule has 0 unspecified atom stereocenters. The normalized spacial score (nSPS) is 14.6. The molecule has 3 aromatic rings. The van der Waals surface area contributed by atoms with E-state index in [0.717, 1.165) is 9.58 Å². The first-order valence-electron chi connectivity index (χ1n) is 7.64. The number of fused-ring (bicyclic) bond motifs is 1. The Balaban J connectivity index is 1.65. The maximum absolute atomic E-state index is 12.6. The number of aromatic nitrogens is 3. The van der Waals surface area contributed by atoms with Crippen molar-refractivity contribution in [1.29, 1.82) is 0 Å². The number of urea groups is 1. The Morgan fingerprint density at radius 2 is 1.64 bits per heavy atom. The van der Waals surface area contributed by atoms with Gasteiger partial charge in [0.05, 0.1) is 5.39 Å². The van der Waals surface area contributed by atoms with Gasteiger partial charge in [0.25, 0.3) is 11.5 Å². The molecule has 0 bridgehead atoms. The van der Waals surface area contributed by atoms with Crippen molar-refractivity contribution < 1.29 is 9.59 Å². The molecule has 1 aromatic heterocycles. The summed E-state index contributed by atoms with van der Waals surface area (Å²) in [6, 6.07) is 15.2. The van der Waals surface area contributed by atoms with E-state index in [1.54, 1.807) is 48.5 Å². The van der Waals surface area contributed by atoms with Crippen LogP contribution in [0.4, 0.5) is 10.5 Å². The Morgan fingerprint density at radius 1 is 0.920 bits per heavy atom. The van der Waals surface area contributed by atoms with Crippen molar-refractivity contribution in [3.8, 4) is 0 Å². The summed E-state index contributed by atoms with van der Waals surface area (Å²) in [4.78, 5) is 39.7. The molecule has 0 spiro atoms. The van der Waals surface area contributed by atoms with E-state index < -0.39 is 17.5 Å². The summed E-state index contributed by atoms with van der Waals surface area (Å²) in [7, 11) is 0. The van der Waals surface area contributed by atoms with Crippen LogP contribution in [0.5, 0.6) is 0 Å². The van der Waals surface area contributed by atoms with Crippen molar-refractivity contribution in [2.75, 3.05) is 11.4 Å². The molecule has 0 aliphatic carbocycles. The number of amides is 3. The highest BCUT2D eigenvalue weighted by Gasteiger charge is 2.37. The molecule has 1 saturated heterocycles. The second-order valence-electron chi connectivity index (χ2n) is 5.58.